The van der Waals surface area contributed by atoms with E-state index in [1.807, 2.05) is 12.1 Å². The summed E-state index contributed by atoms with van der Waals surface area (Å²) in [7, 11) is -2.56. The topological polar surface area (TPSA) is 90.9 Å². The molecule has 8 heteroatoms. The Morgan fingerprint density at radius 2 is 1.96 bits per heavy atom. The molecule has 0 saturated heterocycles. The molecule has 2 aromatic carbocycles. The lowest BCUT2D eigenvalue weighted by atomic mass is 10.1. The lowest BCUT2D eigenvalue weighted by molar-refractivity contribution is 0.0599. The van der Waals surface area contributed by atoms with Crippen molar-refractivity contribution in [3.05, 3.63) is 53.6 Å². The van der Waals surface area contributed by atoms with Gasteiger partial charge in [0.1, 0.15) is 12.7 Å². The average molecular weight is 377 g/mol. The van der Waals surface area contributed by atoms with E-state index < -0.39 is 22.1 Å². The molecule has 7 nitrogen and oxygen atoms in total. The third-order valence-electron chi connectivity index (χ3n) is 3.99. The SMILES string of the molecule is COC(=O)c1cc(S(=O)(=O)NC[C@H]2COc3ccccc3O2)ccc1C. The van der Waals surface area contributed by atoms with Crippen LogP contribution in [-0.2, 0) is 14.8 Å². The Bertz CT molecular complexity index is 925. The number of fused-ring (bicyclic) bond motifs is 1. The Labute approximate surface area is 151 Å². The summed E-state index contributed by atoms with van der Waals surface area (Å²) in [6, 6.07) is 11.5. The number of hydrogen-bond donors (Lipinski definition) is 1. The van der Waals surface area contributed by atoms with Gasteiger partial charge in [0.05, 0.1) is 24.1 Å². The van der Waals surface area contributed by atoms with E-state index in [0.717, 1.165) is 0 Å². The number of rotatable bonds is 5. The van der Waals surface area contributed by atoms with Crippen LogP contribution in [0.3, 0.4) is 0 Å². The summed E-state index contributed by atoms with van der Waals surface area (Å²) in [6.07, 6.45) is -0.454. The predicted octanol–water partition coefficient (Wildman–Crippen LogP) is 1.90. The number of sulfonamides is 1. The van der Waals surface area contributed by atoms with E-state index >= 15 is 0 Å². The van der Waals surface area contributed by atoms with E-state index in [4.69, 9.17) is 9.47 Å². The second-order valence-corrected chi connectivity index (χ2v) is 7.58. The van der Waals surface area contributed by atoms with Gasteiger partial charge in [-0.25, -0.2) is 17.9 Å². The summed E-state index contributed by atoms with van der Waals surface area (Å²) >= 11 is 0. The molecule has 0 aromatic heterocycles. The second-order valence-electron chi connectivity index (χ2n) is 5.82. The molecule has 2 aromatic rings. The summed E-state index contributed by atoms with van der Waals surface area (Å²) in [5.74, 6) is 0.624. The van der Waals surface area contributed by atoms with Crippen molar-refractivity contribution < 1.29 is 27.4 Å². The summed E-state index contributed by atoms with van der Waals surface area (Å²) in [5, 5.41) is 0. The number of ether oxygens (including phenoxy) is 3. The average Bonchev–Trinajstić information content (AvgIpc) is 2.66. The predicted molar refractivity (Wildman–Crippen MR) is 94.1 cm³/mol. The van der Waals surface area contributed by atoms with Crippen LogP contribution in [-0.4, -0.2) is 40.8 Å². The monoisotopic (exact) mass is 377 g/mol. The van der Waals surface area contributed by atoms with Crippen molar-refractivity contribution >= 4 is 16.0 Å². The Hall–Kier alpha value is -2.58. The van der Waals surface area contributed by atoms with Crippen LogP contribution in [0.5, 0.6) is 11.5 Å². The van der Waals surface area contributed by atoms with Crippen LogP contribution < -0.4 is 14.2 Å². The smallest absolute Gasteiger partial charge is 0.338 e. The van der Waals surface area contributed by atoms with Crippen LogP contribution in [0, 0.1) is 6.92 Å². The summed E-state index contributed by atoms with van der Waals surface area (Å²) < 4.78 is 43.5. The lowest BCUT2D eigenvalue weighted by Crippen LogP contribution is -2.40. The molecule has 0 unspecified atom stereocenters. The molecule has 0 aliphatic carbocycles. The number of carbonyl (C=O) groups excluding carboxylic acids is 1. The molecule has 0 amide bonds. The number of benzene rings is 2. The largest absolute Gasteiger partial charge is 0.486 e. The molecule has 1 N–H and O–H groups in total. The molecule has 1 atom stereocenters. The Kier molecular flexibility index (Phi) is 5.15. The third-order valence-corrected chi connectivity index (χ3v) is 5.41. The fourth-order valence-corrected chi connectivity index (χ4v) is 3.64. The normalized spacial score (nSPS) is 16.2. The highest BCUT2D eigenvalue weighted by Gasteiger charge is 2.24. The number of nitrogens with one attached hydrogen (secondary N) is 1. The van der Waals surface area contributed by atoms with Crippen molar-refractivity contribution in [2.75, 3.05) is 20.3 Å². The van der Waals surface area contributed by atoms with Gasteiger partial charge in [0.15, 0.2) is 11.5 Å². The van der Waals surface area contributed by atoms with E-state index in [0.29, 0.717) is 17.1 Å². The van der Waals surface area contributed by atoms with Gasteiger partial charge < -0.3 is 14.2 Å². The highest BCUT2D eigenvalue weighted by molar-refractivity contribution is 7.89. The lowest BCUT2D eigenvalue weighted by Gasteiger charge is -2.26. The number of carbonyl (C=O) groups is 1. The molecule has 3 rings (SSSR count). The van der Waals surface area contributed by atoms with E-state index in [1.54, 1.807) is 25.1 Å². The highest BCUT2D eigenvalue weighted by Crippen LogP contribution is 2.30. The summed E-state index contributed by atoms with van der Waals surface area (Å²) in [5.41, 5.74) is 0.845. The van der Waals surface area contributed by atoms with Crippen molar-refractivity contribution in [2.24, 2.45) is 0 Å². The minimum Gasteiger partial charge on any atom is -0.486 e. The van der Waals surface area contributed by atoms with Crippen molar-refractivity contribution in [1.82, 2.24) is 4.72 Å². The van der Waals surface area contributed by atoms with Crippen LogP contribution in [0.15, 0.2) is 47.4 Å². The zero-order valence-electron chi connectivity index (χ0n) is 14.4. The summed E-state index contributed by atoms with van der Waals surface area (Å²) in [4.78, 5) is 11.7. The van der Waals surface area contributed by atoms with Gasteiger partial charge in [0.25, 0.3) is 0 Å². The highest BCUT2D eigenvalue weighted by atomic mass is 32.2. The molecule has 1 heterocycles. The first-order valence-corrected chi connectivity index (χ1v) is 9.46. The minimum atomic E-state index is -3.81. The maximum Gasteiger partial charge on any atom is 0.338 e. The Morgan fingerprint density at radius 3 is 2.69 bits per heavy atom. The van der Waals surface area contributed by atoms with Crippen LogP contribution >= 0.6 is 0 Å². The molecular weight excluding hydrogens is 358 g/mol. The fraction of sp³-hybridized carbons (Fsp3) is 0.278. The first-order chi connectivity index (χ1) is 12.4. The molecule has 0 bridgehead atoms. The molecule has 0 saturated carbocycles. The molecule has 0 fully saturated rings. The number of aryl methyl sites for hydroxylation is 1. The van der Waals surface area contributed by atoms with Gasteiger partial charge in [-0.05, 0) is 36.8 Å². The third kappa shape index (κ3) is 3.81. The van der Waals surface area contributed by atoms with Crippen molar-refractivity contribution in [3.8, 4) is 11.5 Å². The zero-order chi connectivity index (χ0) is 18.7. The first kappa shape index (κ1) is 18.2. The number of para-hydroxylation sites is 2. The van der Waals surface area contributed by atoms with Gasteiger partial charge >= 0.3 is 5.97 Å². The Morgan fingerprint density at radius 1 is 1.23 bits per heavy atom. The van der Waals surface area contributed by atoms with E-state index in [-0.39, 0.29) is 23.6 Å². The molecule has 0 spiro atoms. The molecule has 138 valence electrons. The van der Waals surface area contributed by atoms with Crippen LogP contribution in [0.4, 0.5) is 0 Å². The second kappa shape index (κ2) is 7.35. The van der Waals surface area contributed by atoms with Gasteiger partial charge in [-0.2, -0.15) is 0 Å². The van der Waals surface area contributed by atoms with Crippen molar-refractivity contribution in [1.29, 1.82) is 0 Å². The Balaban J connectivity index is 1.71. The minimum absolute atomic E-state index is 0.0133. The van der Waals surface area contributed by atoms with Gasteiger partial charge in [0.2, 0.25) is 10.0 Å². The first-order valence-electron chi connectivity index (χ1n) is 7.98. The number of methoxy groups -OCH3 is 1. The van der Waals surface area contributed by atoms with Gasteiger partial charge in [-0.15, -0.1) is 0 Å². The summed E-state index contributed by atoms with van der Waals surface area (Å²) in [6.45, 7) is 1.99. The van der Waals surface area contributed by atoms with E-state index in [2.05, 4.69) is 9.46 Å². The molecule has 26 heavy (non-hydrogen) atoms. The quantitative estimate of drug-likeness (QED) is 0.801. The van der Waals surface area contributed by atoms with Crippen LogP contribution in [0.1, 0.15) is 15.9 Å². The standard InChI is InChI=1S/C18H19NO6S/c1-12-7-8-14(9-15(12)18(20)23-2)26(21,22)19-10-13-11-24-16-5-3-4-6-17(16)25-13/h3-9,13,19H,10-11H2,1-2H3/t13-/m0/s1. The molecule has 0 radical (unpaired) electrons. The van der Waals surface area contributed by atoms with Gasteiger partial charge in [-0.1, -0.05) is 18.2 Å². The van der Waals surface area contributed by atoms with Gasteiger partial charge in [-0.3, -0.25) is 0 Å². The maximum absolute atomic E-state index is 12.5. The molecule has 1 aliphatic rings. The number of hydrogen-bond acceptors (Lipinski definition) is 6. The van der Waals surface area contributed by atoms with E-state index in [1.165, 1.54) is 19.2 Å². The zero-order valence-corrected chi connectivity index (χ0v) is 15.2. The van der Waals surface area contributed by atoms with E-state index in [9.17, 15) is 13.2 Å². The van der Waals surface area contributed by atoms with Crippen LogP contribution in [0.2, 0.25) is 0 Å². The molecular formula is C18H19NO6S. The van der Waals surface area contributed by atoms with Crippen molar-refractivity contribution in [2.45, 2.75) is 17.9 Å². The van der Waals surface area contributed by atoms with Gasteiger partial charge in [0, 0.05) is 0 Å². The maximum atomic E-state index is 12.5. The van der Waals surface area contributed by atoms with Crippen molar-refractivity contribution in [3.63, 3.8) is 0 Å². The number of esters is 1. The fourth-order valence-electron chi connectivity index (χ4n) is 2.55. The van der Waals surface area contributed by atoms with Crippen LogP contribution in [0.25, 0.3) is 0 Å². The molecule has 1 aliphatic heterocycles.